The molecule has 20 heavy (non-hydrogen) atoms. The Morgan fingerprint density at radius 3 is 2.45 bits per heavy atom. The maximum atomic E-state index is 12.1. The van der Waals surface area contributed by atoms with Gasteiger partial charge < -0.3 is 14.9 Å². The van der Waals surface area contributed by atoms with Gasteiger partial charge in [-0.3, -0.25) is 4.79 Å². The number of allylic oxidation sites excluding steroid dienone is 1. The number of aryl methyl sites for hydroxylation is 1. The molecule has 2 aromatic carbocycles. The number of Topliss-reactive ketones (excluding diaryl/α,β-unsaturated/α-hetero) is 1. The van der Waals surface area contributed by atoms with E-state index in [9.17, 15) is 15.0 Å². The molecule has 0 amide bonds. The molecule has 3 rings (SSSR count). The van der Waals surface area contributed by atoms with Gasteiger partial charge in [0.2, 0.25) is 11.5 Å². The topological polar surface area (TPSA) is 66.8 Å². The second kappa shape index (κ2) is 4.42. The monoisotopic (exact) mass is 268 g/mol. The summed E-state index contributed by atoms with van der Waals surface area (Å²) in [4.78, 5) is 12.1. The molecule has 0 aromatic heterocycles. The van der Waals surface area contributed by atoms with Crippen LogP contribution in [-0.2, 0) is 0 Å². The first-order chi connectivity index (χ1) is 9.56. The Kier molecular flexibility index (Phi) is 2.71. The van der Waals surface area contributed by atoms with Crippen molar-refractivity contribution in [2.45, 2.75) is 6.92 Å². The molecule has 1 heterocycles. The van der Waals surface area contributed by atoms with Crippen molar-refractivity contribution in [3.05, 3.63) is 58.8 Å². The van der Waals surface area contributed by atoms with Crippen molar-refractivity contribution in [2.75, 3.05) is 0 Å². The molecule has 2 N–H and O–H groups in total. The van der Waals surface area contributed by atoms with E-state index >= 15 is 0 Å². The fourth-order valence-electron chi connectivity index (χ4n) is 2.04. The van der Waals surface area contributed by atoms with Crippen LogP contribution < -0.4 is 4.74 Å². The molecular formula is C16H12O4. The summed E-state index contributed by atoms with van der Waals surface area (Å²) >= 11 is 0. The molecule has 2 aromatic rings. The molecule has 0 fully saturated rings. The molecule has 0 radical (unpaired) electrons. The average Bonchev–Trinajstić information content (AvgIpc) is 2.75. The lowest BCUT2D eigenvalue weighted by molar-refractivity contribution is 0.101. The summed E-state index contributed by atoms with van der Waals surface area (Å²) in [5, 5.41) is 19.1. The highest BCUT2D eigenvalue weighted by atomic mass is 16.5. The number of rotatable bonds is 1. The number of ketones is 1. The van der Waals surface area contributed by atoms with Crippen LogP contribution in [0, 0.1) is 6.92 Å². The van der Waals surface area contributed by atoms with Crippen LogP contribution in [-0.4, -0.2) is 16.0 Å². The van der Waals surface area contributed by atoms with Gasteiger partial charge in [0.15, 0.2) is 17.3 Å². The average molecular weight is 268 g/mol. The van der Waals surface area contributed by atoms with E-state index in [-0.39, 0.29) is 28.6 Å². The molecule has 4 nitrogen and oxygen atoms in total. The normalized spacial score (nSPS) is 15.2. The van der Waals surface area contributed by atoms with Gasteiger partial charge >= 0.3 is 0 Å². The zero-order valence-corrected chi connectivity index (χ0v) is 10.8. The predicted molar refractivity (Wildman–Crippen MR) is 73.9 cm³/mol. The zero-order chi connectivity index (χ0) is 14.3. The lowest BCUT2D eigenvalue weighted by Crippen LogP contribution is -1.97. The van der Waals surface area contributed by atoms with E-state index in [2.05, 4.69) is 0 Å². The van der Waals surface area contributed by atoms with Gasteiger partial charge in [0, 0.05) is 0 Å². The molecule has 4 heteroatoms. The minimum atomic E-state index is -0.414. The first-order valence-corrected chi connectivity index (χ1v) is 6.12. The number of benzene rings is 2. The second-order valence-electron chi connectivity index (χ2n) is 4.66. The summed E-state index contributed by atoms with van der Waals surface area (Å²) in [6.45, 7) is 1.98. The summed E-state index contributed by atoms with van der Waals surface area (Å²) in [7, 11) is 0. The van der Waals surface area contributed by atoms with Gasteiger partial charge in [0.25, 0.3) is 0 Å². The van der Waals surface area contributed by atoms with E-state index in [0.29, 0.717) is 0 Å². The highest BCUT2D eigenvalue weighted by molar-refractivity contribution is 6.15. The number of hydrogen-bond donors (Lipinski definition) is 2. The summed E-state index contributed by atoms with van der Waals surface area (Å²) < 4.78 is 5.37. The van der Waals surface area contributed by atoms with Gasteiger partial charge in [-0.1, -0.05) is 29.8 Å². The Bertz CT molecular complexity index is 727. The van der Waals surface area contributed by atoms with Crippen LogP contribution in [0.15, 0.2) is 42.2 Å². The summed E-state index contributed by atoms with van der Waals surface area (Å²) in [6.07, 6.45) is 1.61. The Labute approximate surface area is 115 Å². The Balaban J connectivity index is 2.01. The van der Waals surface area contributed by atoms with Gasteiger partial charge in [0.1, 0.15) is 0 Å². The number of hydrogen-bond acceptors (Lipinski definition) is 4. The second-order valence-corrected chi connectivity index (χ2v) is 4.66. The summed E-state index contributed by atoms with van der Waals surface area (Å²) in [6, 6.07) is 10.3. The van der Waals surface area contributed by atoms with Crippen LogP contribution in [0.4, 0.5) is 0 Å². The van der Waals surface area contributed by atoms with Gasteiger partial charge in [-0.25, -0.2) is 0 Å². The Morgan fingerprint density at radius 1 is 1.05 bits per heavy atom. The molecule has 0 saturated carbocycles. The van der Waals surface area contributed by atoms with Crippen molar-refractivity contribution in [1.29, 1.82) is 0 Å². The summed E-state index contributed by atoms with van der Waals surface area (Å²) in [5.74, 6) is -0.898. The number of phenols is 2. The number of aromatic hydroxyl groups is 2. The van der Waals surface area contributed by atoms with E-state index in [4.69, 9.17) is 4.74 Å². The highest BCUT2D eigenvalue weighted by Crippen LogP contribution is 2.44. The molecule has 1 aliphatic rings. The maximum absolute atomic E-state index is 12.1. The zero-order valence-electron chi connectivity index (χ0n) is 10.8. The third-order valence-corrected chi connectivity index (χ3v) is 3.17. The first-order valence-electron chi connectivity index (χ1n) is 6.12. The number of phenolic OH excluding ortho intramolecular Hbond substituents is 2. The smallest absolute Gasteiger partial charge is 0.232 e. The Hall–Kier alpha value is -2.75. The van der Waals surface area contributed by atoms with Crippen molar-refractivity contribution < 1.29 is 19.7 Å². The van der Waals surface area contributed by atoms with Gasteiger partial charge in [-0.05, 0) is 30.7 Å². The van der Waals surface area contributed by atoms with Crippen molar-refractivity contribution in [2.24, 2.45) is 0 Å². The van der Waals surface area contributed by atoms with E-state index < -0.39 is 5.75 Å². The fourth-order valence-corrected chi connectivity index (χ4v) is 2.04. The van der Waals surface area contributed by atoms with Crippen LogP contribution in [0.2, 0.25) is 0 Å². The molecule has 0 aliphatic carbocycles. The Morgan fingerprint density at radius 2 is 1.75 bits per heavy atom. The predicted octanol–water partition coefficient (Wildman–Crippen LogP) is 3.02. The van der Waals surface area contributed by atoms with Crippen molar-refractivity contribution in [3.63, 3.8) is 0 Å². The molecule has 0 unspecified atom stereocenters. The minimum absolute atomic E-state index is 0.00774. The third kappa shape index (κ3) is 1.91. The first kappa shape index (κ1) is 12.3. The maximum Gasteiger partial charge on any atom is 0.232 e. The standard InChI is InChI=1S/C16H12O4/c1-9-2-4-10(5-3-9)8-13-14(18)11-6-7-12(17)15(19)16(11)20-13/h2-8,17,19H,1H3/b13-8+. The van der Waals surface area contributed by atoms with Crippen LogP contribution in [0.1, 0.15) is 21.5 Å². The molecule has 0 bridgehead atoms. The molecule has 0 saturated heterocycles. The number of carbonyl (C=O) groups is 1. The molecular weight excluding hydrogens is 256 g/mol. The summed E-state index contributed by atoms with van der Waals surface area (Å²) in [5.41, 5.74) is 2.20. The number of ether oxygens (including phenoxy) is 1. The van der Waals surface area contributed by atoms with Crippen molar-refractivity contribution in [1.82, 2.24) is 0 Å². The minimum Gasteiger partial charge on any atom is -0.504 e. The van der Waals surface area contributed by atoms with Crippen LogP contribution in [0.3, 0.4) is 0 Å². The number of carbonyl (C=O) groups excluding carboxylic acids is 1. The van der Waals surface area contributed by atoms with Crippen LogP contribution in [0.5, 0.6) is 17.2 Å². The van der Waals surface area contributed by atoms with Crippen molar-refractivity contribution in [3.8, 4) is 17.2 Å². The quantitative estimate of drug-likeness (QED) is 0.616. The fraction of sp³-hybridized carbons (Fsp3) is 0.0625. The molecule has 1 aliphatic heterocycles. The number of fused-ring (bicyclic) bond motifs is 1. The van der Waals surface area contributed by atoms with E-state index in [1.54, 1.807) is 6.08 Å². The van der Waals surface area contributed by atoms with E-state index in [1.807, 2.05) is 31.2 Å². The highest BCUT2D eigenvalue weighted by Gasteiger charge is 2.31. The van der Waals surface area contributed by atoms with Crippen LogP contribution in [0.25, 0.3) is 6.08 Å². The van der Waals surface area contributed by atoms with Gasteiger partial charge in [-0.15, -0.1) is 0 Å². The van der Waals surface area contributed by atoms with E-state index in [0.717, 1.165) is 11.1 Å². The van der Waals surface area contributed by atoms with Crippen LogP contribution >= 0.6 is 0 Å². The molecule has 100 valence electrons. The molecule has 0 spiro atoms. The van der Waals surface area contributed by atoms with Gasteiger partial charge in [0.05, 0.1) is 5.56 Å². The SMILES string of the molecule is Cc1ccc(/C=C2/Oc3c(ccc(O)c3O)C2=O)cc1. The largest absolute Gasteiger partial charge is 0.504 e. The molecule has 0 atom stereocenters. The third-order valence-electron chi connectivity index (χ3n) is 3.17. The van der Waals surface area contributed by atoms with E-state index in [1.165, 1.54) is 12.1 Å². The van der Waals surface area contributed by atoms with Gasteiger partial charge in [-0.2, -0.15) is 0 Å². The lowest BCUT2D eigenvalue weighted by atomic mass is 10.1. The lowest BCUT2D eigenvalue weighted by Gasteiger charge is -2.02. The van der Waals surface area contributed by atoms with Crippen molar-refractivity contribution >= 4 is 11.9 Å².